The molecule has 33 heavy (non-hydrogen) atoms. The van der Waals surface area contributed by atoms with E-state index in [9.17, 15) is 13.2 Å². The average molecular weight is 475 g/mol. The van der Waals surface area contributed by atoms with Crippen molar-refractivity contribution in [2.75, 3.05) is 59.3 Å². The molecule has 0 saturated carbocycles. The summed E-state index contributed by atoms with van der Waals surface area (Å²) in [5.74, 6) is 1.51. The number of hydrogen-bond donors (Lipinski definition) is 1. The van der Waals surface area contributed by atoms with E-state index in [1.54, 1.807) is 12.1 Å². The highest BCUT2D eigenvalue weighted by Gasteiger charge is 2.28. The number of carbonyl (C=O) groups is 1. The van der Waals surface area contributed by atoms with Crippen molar-refractivity contribution in [3.8, 4) is 11.5 Å². The van der Waals surface area contributed by atoms with E-state index in [1.165, 1.54) is 26.9 Å². The normalized spacial score (nSPS) is 19.6. The smallest absolute Gasteiger partial charge is 0.254 e. The average Bonchev–Trinajstić information content (AvgIpc) is 3.33. The molecule has 0 aromatic heterocycles. The van der Waals surface area contributed by atoms with Crippen LogP contribution in [-0.4, -0.2) is 82.8 Å². The molecule has 176 valence electrons. The molecule has 9 nitrogen and oxygen atoms in total. The van der Waals surface area contributed by atoms with Crippen LogP contribution in [0.15, 0.2) is 47.4 Å². The first-order valence-corrected chi connectivity index (χ1v) is 12.6. The third kappa shape index (κ3) is 4.70. The van der Waals surface area contributed by atoms with Gasteiger partial charge in [0.15, 0.2) is 11.5 Å². The Labute approximate surface area is 193 Å². The maximum absolute atomic E-state index is 13.0. The molecule has 10 heteroatoms. The topological polar surface area (TPSA) is 89.8 Å². The number of nitrogens with one attached hydrogen (secondary N) is 1. The molecule has 5 rings (SSSR count). The summed E-state index contributed by atoms with van der Waals surface area (Å²) in [5.41, 5.74) is 1.70. The Morgan fingerprint density at radius 3 is 2.33 bits per heavy atom. The summed E-state index contributed by atoms with van der Waals surface area (Å²) in [6.45, 7) is 5.66. The van der Waals surface area contributed by atoms with Crippen LogP contribution in [0.25, 0.3) is 0 Å². The summed E-state index contributed by atoms with van der Waals surface area (Å²) in [5, 5.41) is 0. The van der Waals surface area contributed by atoms with E-state index in [4.69, 9.17) is 14.2 Å². The van der Waals surface area contributed by atoms with Gasteiger partial charge < -0.3 is 24.0 Å². The van der Waals surface area contributed by atoms with E-state index < -0.39 is 10.0 Å². The number of piperazine rings is 1. The molecular formula is C23H28N3O6S+. The lowest BCUT2D eigenvalue weighted by Gasteiger charge is -2.32. The van der Waals surface area contributed by atoms with Crippen LogP contribution in [0.5, 0.6) is 11.5 Å². The minimum absolute atomic E-state index is 0.0625. The van der Waals surface area contributed by atoms with Crippen molar-refractivity contribution >= 4 is 15.9 Å². The zero-order valence-corrected chi connectivity index (χ0v) is 19.2. The van der Waals surface area contributed by atoms with Gasteiger partial charge in [-0.05, 0) is 42.5 Å². The second-order valence-electron chi connectivity index (χ2n) is 8.45. The standard InChI is InChI=1S/C23H27N3O6S/c27-23(19-2-4-20(5-3-19)33(28,29)26-11-13-30-14-12-26)25-9-7-24(8-10-25)16-18-1-6-21-22(15-18)32-17-31-21/h1-6,15H,7-14,16-17H2/p+1. The van der Waals surface area contributed by atoms with Gasteiger partial charge in [0.1, 0.15) is 6.54 Å². The number of morpholine rings is 1. The Kier molecular flexibility index (Phi) is 6.24. The van der Waals surface area contributed by atoms with E-state index >= 15 is 0 Å². The van der Waals surface area contributed by atoms with E-state index in [0.29, 0.717) is 45.0 Å². The van der Waals surface area contributed by atoms with Gasteiger partial charge >= 0.3 is 0 Å². The van der Waals surface area contributed by atoms with Gasteiger partial charge in [-0.3, -0.25) is 4.79 Å². The highest BCUT2D eigenvalue weighted by atomic mass is 32.2. The van der Waals surface area contributed by atoms with Crippen LogP contribution in [-0.2, 0) is 21.3 Å². The molecule has 2 fully saturated rings. The summed E-state index contributed by atoms with van der Waals surface area (Å²) < 4.78 is 43.0. The minimum Gasteiger partial charge on any atom is -0.454 e. The molecule has 0 unspecified atom stereocenters. The predicted octanol–water partition coefficient (Wildman–Crippen LogP) is -0.0229. The number of rotatable bonds is 5. The summed E-state index contributed by atoms with van der Waals surface area (Å²) >= 11 is 0. The molecule has 3 heterocycles. The van der Waals surface area contributed by atoms with Gasteiger partial charge in [0.25, 0.3) is 5.91 Å². The monoisotopic (exact) mass is 474 g/mol. The fourth-order valence-corrected chi connectivity index (χ4v) is 5.84. The lowest BCUT2D eigenvalue weighted by Crippen LogP contribution is -3.13. The number of ether oxygens (including phenoxy) is 3. The van der Waals surface area contributed by atoms with Crippen LogP contribution in [0.3, 0.4) is 0 Å². The summed E-state index contributed by atoms with van der Waals surface area (Å²) in [6, 6.07) is 12.3. The number of nitrogens with zero attached hydrogens (tertiary/aromatic N) is 2. The maximum atomic E-state index is 13.0. The Bertz CT molecular complexity index is 1110. The second kappa shape index (κ2) is 9.30. The number of fused-ring (bicyclic) bond motifs is 1. The fraction of sp³-hybridized carbons (Fsp3) is 0.435. The predicted molar refractivity (Wildman–Crippen MR) is 119 cm³/mol. The molecule has 1 amide bonds. The molecule has 0 aliphatic carbocycles. The summed E-state index contributed by atoms with van der Waals surface area (Å²) in [4.78, 5) is 16.4. The fourth-order valence-electron chi connectivity index (χ4n) is 4.43. The number of quaternary nitrogens is 1. The van der Waals surface area contributed by atoms with Crippen molar-refractivity contribution < 1.29 is 32.3 Å². The van der Waals surface area contributed by atoms with Gasteiger partial charge in [0, 0.05) is 24.2 Å². The maximum Gasteiger partial charge on any atom is 0.254 e. The molecule has 0 radical (unpaired) electrons. The van der Waals surface area contributed by atoms with E-state index in [1.807, 2.05) is 17.0 Å². The zero-order chi connectivity index (χ0) is 22.8. The quantitative estimate of drug-likeness (QED) is 0.655. The molecular weight excluding hydrogens is 446 g/mol. The number of hydrogen-bond acceptors (Lipinski definition) is 6. The lowest BCUT2D eigenvalue weighted by atomic mass is 10.1. The molecule has 3 aliphatic rings. The zero-order valence-electron chi connectivity index (χ0n) is 18.4. The van der Waals surface area contributed by atoms with Crippen molar-refractivity contribution in [3.05, 3.63) is 53.6 Å². The SMILES string of the molecule is O=C(c1ccc(S(=O)(=O)N2CCOCC2)cc1)N1CC[NH+](Cc2ccc3c(c2)OCO3)CC1. The molecule has 0 atom stereocenters. The van der Waals surface area contributed by atoms with Crippen molar-refractivity contribution in [3.63, 3.8) is 0 Å². The second-order valence-corrected chi connectivity index (χ2v) is 10.4. The Morgan fingerprint density at radius 1 is 0.909 bits per heavy atom. The van der Waals surface area contributed by atoms with Crippen LogP contribution in [0.4, 0.5) is 0 Å². The summed E-state index contributed by atoms with van der Waals surface area (Å²) in [6.07, 6.45) is 0. The van der Waals surface area contributed by atoms with Gasteiger partial charge in [-0.1, -0.05) is 0 Å². The van der Waals surface area contributed by atoms with E-state index in [2.05, 4.69) is 6.07 Å². The van der Waals surface area contributed by atoms with Gasteiger partial charge in [0.05, 0.1) is 44.3 Å². The van der Waals surface area contributed by atoms with Crippen molar-refractivity contribution in [1.82, 2.24) is 9.21 Å². The highest BCUT2D eigenvalue weighted by molar-refractivity contribution is 7.89. The number of carbonyl (C=O) groups excluding carboxylic acids is 1. The first-order valence-electron chi connectivity index (χ1n) is 11.2. The van der Waals surface area contributed by atoms with Crippen molar-refractivity contribution in [1.29, 1.82) is 0 Å². The molecule has 0 bridgehead atoms. The molecule has 1 N–H and O–H groups in total. The lowest BCUT2D eigenvalue weighted by molar-refractivity contribution is -0.917. The Balaban J connectivity index is 1.17. The Hall–Kier alpha value is -2.66. The third-order valence-electron chi connectivity index (χ3n) is 6.36. The third-order valence-corrected chi connectivity index (χ3v) is 8.27. The largest absolute Gasteiger partial charge is 0.454 e. The van der Waals surface area contributed by atoms with E-state index in [-0.39, 0.29) is 17.6 Å². The molecule has 2 aromatic carbocycles. The van der Waals surface area contributed by atoms with Gasteiger partial charge in [-0.15, -0.1) is 0 Å². The van der Waals surface area contributed by atoms with Crippen molar-refractivity contribution in [2.24, 2.45) is 0 Å². The van der Waals surface area contributed by atoms with E-state index in [0.717, 1.165) is 31.1 Å². The van der Waals surface area contributed by atoms with Crippen LogP contribution in [0, 0.1) is 0 Å². The molecule has 3 aliphatic heterocycles. The number of benzene rings is 2. The summed E-state index contributed by atoms with van der Waals surface area (Å²) in [7, 11) is -3.56. The molecule has 2 saturated heterocycles. The first-order chi connectivity index (χ1) is 16.0. The van der Waals surface area contributed by atoms with Gasteiger partial charge in [0.2, 0.25) is 16.8 Å². The Morgan fingerprint density at radius 2 is 1.61 bits per heavy atom. The van der Waals surface area contributed by atoms with Crippen LogP contribution >= 0.6 is 0 Å². The van der Waals surface area contributed by atoms with Gasteiger partial charge in [-0.2, -0.15) is 4.31 Å². The highest BCUT2D eigenvalue weighted by Crippen LogP contribution is 2.32. The number of sulfonamides is 1. The molecule has 0 spiro atoms. The van der Waals surface area contributed by atoms with Crippen molar-refractivity contribution in [2.45, 2.75) is 11.4 Å². The number of amides is 1. The van der Waals surface area contributed by atoms with Crippen LogP contribution in [0.2, 0.25) is 0 Å². The van der Waals surface area contributed by atoms with Crippen LogP contribution in [0.1, 0.15) is 15.9 Å². The first kappa shape index (κ1) is 22.1. The molecule has 2 aromatic rings. The van der Waals surface area contributed by atoms with Gasteiger partial charge in [-0.25, -0.2) is 8.42 Å². The minimum atomic E-state index is -3.56. The van der Waals surface area contributed by atoms with Crippen LogP contribution < -0.4 is 14.4 Å².